The molecule has 328 valence electrons. The van der Waals surface area contributed by atoms with Crippen LogP contribution in [0, 0.1) is 27.7 Å². The summed E-state index contributed by atoms with van der Waals surface area (Å²) >= 11 is 27.5. The van der Waals surface area contributed by atoms with E-state index in [9.17, 15) is 16.8 Å². The van der Waals surface area contributed by atoms with Crippen LogP contribution in [0.3, 0.4) is 0 Å². The molecule has 0 saturated carbocycles. The Balaban J connectivity index is 0.000000186. The van der Waals surface area contributed by atoms with Gasteiger partial charge in [0.25, 0.3) is 0 Å². The predicted octanol–water partition coefficient (Wildman–Crippen LogP) is 10.3. The maximum Gasteiger partial charge on any atom is 0.244 e. The van der Waals surface area contributed by atoms with Crippen molar-refractivity contribution >= 4 is 99.4 Å². The van der Waals surface area contributed by atoms with Gasteiger partial charge in [-0.3, -0.25) is 0 Å². The standard InChI is InChI=1S/2C22H23Cl2N3O2S2/c1-15-5-3-6-17(16(15)2)13-18-14-30-22(25-18)26-9-11-27(12-10-26)31(28,29)20-8-4-7-19(23)21(20)24;1-15-5-3-6-16(2)18(15)13-17-14-30-22(25-17)26-9-11-27(12-10-26)31(28,29)20-8-4-7-19(23)21(20)24/h2*3-8,14H,9-13H2,1-2H3. The van der Waals surface area contributed by atoms with Crippen molar-refractivity contribution in [3.05, 3.63) is 148 Å². The minimum Gasteiger partial charge on any atom is -0.345 e. The molecule has 2 fully saturated rings. The molecule has 0 atom stereocenters. The molecule has 0 radical (unpaired) electrons. The first kappa shape index (κ1) is 46.7. The monoisotopic (exact) mass is 990 g/mol. The van der Waals surface area contributed by atoms with Crippen molar-refractivity contribution in [2.75, 3.05) is 62.2 Å². The number of nitrogens with zero attached hydrogens (tertiary/aromatic N) is 6. The lowest BCUT2D eigenvalue weighted by atomic mass is 9.99. The summed E-state index contributed by atoms with van der Waals surface area (Å²) in [6.07, 6.45) is 1.60. The lowest BCUT2D eigenvalue weighted by Crippen LogP contribution is -2.48. The zero-order valence-electron chi connectivity index (χ0n) is 34.6. The summed E-state index contributed by atoms with van der Waals surface area (Å²) in [4.78, 5) is 14.0. The molecule has 0 aliphatic carbocycles. The van der Waals surface area contributed by atoms with Crippen LogP contribution in [0.25, 0.3) is 0 Å². The van der Waals surface area contributed by atoms with Crippen LogP contribution in [0.4, 0.5) is 10.3 Å². The van der Waals surface area contributed by atoms with Gasteiger partial charge in [0, 0.05) is 76.0 Å². The molecule has 4 aromatic carbocycles. The van der Waals surface area contributed by atoms with Crippen LogP contribution >= 0.6 is 69.1 Å². The van der Waals surface area contributed by atoms with E-state index in [1.807, 2.05) is 0 Å². The highest BCUT2D eigenvalue weighted by molar-refractivity contribution is 7.89. The third-order valence-corrected chi connectivity index (χ3v) is 18.9. The molecule has 0 N–H and O–H groups in total. The summed E-state index contributed by atoms with van der Waals surface area (Å²) in [7, 11) is -7.38. The Bertz CT molecular complexity index is 2760. The second kappa shape index (κ2) is 19.9. The van der Waals surface area contributed by atoms with Gasteiger partial charge < -0.3 is 9.80 Å². The maximum absolute atomic E-state index is 13.0. The van der Waals surface area contributed by atoms with Gasteiger partial charge in [-0.05, 0) is 85.3 Å². The number of sulfonamides is 2. The molecule has 2 aromatic heterocycles. The van der Waals surface area contributed by atoms with Crippen molar-refractivity contribution in [1.82, 2.24) is 18.6 Å². The highest BCUT2D eigenvalue weighted by atomic mass is 35.5. The van der Waals surface area contributed by atoms with Gasteiger partial charge in [0.1, 0.15) is 9.79 Å². The highest BCUT2D eigenvalue weighted by Crippen LogP contribution is 2.34. The van der Waals surface area contributed by atoms with E-state index in [4.69, 9.17) is 56.4 Å². The third kappa shape index (κ3) is 10.3. The highest BCUT2D eigenvalue weighted by Gasteiger charge is 2.33. The molecule has 8 rings (SSSR count). The van der Waals surface area contributed by atoms with E-state index in [1.165, 1.54) is 54.1 Å². The second-order valence-electron chi connectivity index (χ2n) is 15.2. The minimum atomic E-state index is -3.69. The molecule has 2 aliphatic rings. The number of hydrogen-bond donors (Lipinski definition) is 0. The van der Waals surface area contributed by atoms with E-state index in [1.54, 1.807) is 46.9 Å². The van der Waals surface area contributed by atoms with Gasteiger partial charge in [-0.1, -0.05) is 94.9 Å². The lowest BCUT2D eigenvalue weighted by Gasteiger charge is -2.34. The number of thiazole rings is 2. The largest absolute Gasteiger partial charge is 0.345 e. The Labute approximate surface area is 392 Å². The topological polar surface area (TPSA) is 107 Å². The van der Waals surface area contributed by atoms with Crippen molar-refractivity contribution in [2.24, 2.45) is 0 Å². The van der Waals surface area contributed by atoms with Crippen molar-refractivity contribution in [3.63, 3.8) is 0 Å². The Morgan fingerprint density at radius 1 is 0.532 bits per heavy atom. The van der Waals surface area contributed by atoms with E-state index >= 15 is 0 Å². The second-order valence-corrected chi connectivity index (χ2v) is 22.3. The van der Waals surface area contributed by atoms with Crippen molar-refractivity contribution in [3.8, 4) is 0 Å². The Morgan fingerprint density at radius 3 is 1.40 bits per heavy atom. The molecule has 6 aromatic rings. The zero-order valence-corrected chi connectivity index (χ0v) is 40.9. The SMILES string of the molecule is Cc1cccc(C)c1Cc1csc(N2CCN(S(=O)(=O)c3cccc(Cl)c3Cl)CC2)n1.Cc1cccc(Cc2csc(N3CCN(S(=O)(=O)c4cccc(Cl)c4Cl)CC3)n2)c1C. The van der Waals surface area contributed by atoms with Crippen molar-refractivity contribution in [2.45, 2.75) is 50.3 Å². The summed E-state index contributed by atoms with van der Waals surface area (Å²) in [5.41, 5.74) is 9.80. The van der Waals surface area contributed by atoms with Crippen LogP contribution < -0.4 is 9.80 Å². The third-order valence-electron chi connectivity index (χ3n) is 11.3. The molecule has 0 spiro atoms. The average Bonchev–Trinajstić information content (AvgIpc) is 3.93. The molecule has 2 saturated heterocycles. The van der Waals surface area contributed by atoms with Crippen LogP contribution in [0.1, 0.15) is 44.8 Å². The van der Waals surface area contributed by atoms with Crippen LogP contribution in [-0.2, 0) is 32.9 Å². The van der Waals surface area contributed by atoms with Gasteiger partial charge in [-0.2, -0.15) is 8.61 Å². The number of benzene rings is 4. The summed E-state index contributed by atoms with van der Waals surface area (Å²) in [5, 5.41) is 6.66. The summed E-state index contributed by atoms with van der Waals surface area (Å²) in [6.45, 7) is 12.3. The van der Waals surface area contributed by atoms with Gasteiger partial charge in [0.15, 0.2) is 10.3 Å². The van der Waals surface area contributed by atoms with Gasteiger partial charge in [0.2, 0.25) is 20.0 Å². The van der Waals surface area contributed by atoms with Gasteiger partial charge in [-0.15, -0.1) is 22.7 Å². The number of rotatable bonds is 10. The summed E-state index contributed by atoms with van der Waals surface area (Å²) < 4.78 is 55.0. The quantitative estimate of drug-likeness (QED) is 0.134. The first-order valence-corrected chi connectivity index (χ1v) is 26.1. The summed E-state index contributed by atoms with van der Waals surface area (Å²) in [6, 6.07) is 22.0. The van der Waals surface area contributed by atoms with Crippen LogP contribution in [0.15, 0.2) is 93.3 Å². The molecule has 10 nitrogen and oxygen atoms in total. The van der Waals surface area contributed by atoms with Crippen LogP contribution in [0.5, 0.6) is 0 Å². The predicted molar refractivity (Wildman–Crippen MR) is 257 cm³/mol. The molecule has 0 unspecified atom stereocenters. The normalized spacial score (nSPS) is 15.4. The number of aryl methyl sites for hydroxylation is 3. The minimum absolute atomic E-state index is 0.0557. The lowest BCUT2D eigenvalue weighted by molar-refractivity contribution is 0.384. The van der Waals surface area contributed by atoms with Gasteiger partial charge in [-0.25, -0.2) is 26.8 Å². The Morgan fingerprint density at radius 2 is 0.935 bits per heavy atom. The molecule has 4 heterocycles. The first-order chi connectivity index (χ1) is 29.5. The average molecular weight is 993 g/mol. The maximum atomic E-state index is 13.0. The number of anilines is 2. The van der Waals surface area contributed by atoms with Crippen LogP contribution in [-0.4, -0.2) is 87.8 Å². The van der Waals surface area contributed by atoms with E-state index in [0.29, 0.717) is 52.4 Å². The molecule has 0 amide bonds. The van der Waals surface area contributed by atoms with Gasteiger partial charge in [0.05, 0.1) is 31.5 Å². The van der Waals surface area contributed by atoms with Crippen molar-refractivity contribution in [1.29, 1.82) is 0 Å². The Kier molecular flexibility index (Phi) is 15.0. The van der Waals surface area contributed by atoms with E-state index < -0.39 is 20.0 Å². The number of piperazine rings is 2. The number of halogens is 4. The zero-order chi connectivity index (χ0) is 44.3. The smallest absolute Gasteiger partial charge is 0.244 e. The van der Waals surface area contributed by atoms with E-state index in [-0.39, 0.29) is 29.9 Å². The summed E-state index contributed by atoms with van der Waals surface area (Å²) in [5.74, 6) is 0. The van der Waals surface area contributed by atoms with Gasteiger partial charge >= 0.3 is 0 Å². The molecular weight excluding hydrogens is 947 g/mol. The van der Waals surface area contributed by atoms with E-state index in [0.717, 1.165) is 34.5 Å². The fourth-order valence-corrected chi connectivity index (χ4v) is 13.5. The fourth-order valence-electron chi connectivity index (χ4n) is 7.44. The fraction of sp³-hybridized carbons (Fsp3) is 0.318. The first-order valence-electron chi connectivity index (χ1n) is 19.9. The molecule has 0 bridgehead atoms. The molecule has 18 heteroatoms. The molecule has 62 heavy (non-hydrogen) atoms. The van der Waals surface area contributed by atoms with Crippen molar-refractivity contribution < 1.29 is 16.8 Å². The molecule has 2 aliphatic heterocycles. The Hall–Kier alpha value is -3.28. The molecular formula is C44H46Cl4N6O4S4. The van der Waals surface area contributed by atoms with Crippen LogP contribution in [0.2, 0.25) is 20.1 Å². The van der Waals surface area contributed by atoms with E-state index in [2.05, 4.69) is 84.7 Å². The number of aromatic nitrogens is 2. The number of hydrogen-bond acceptors (Lipinski definition) is 10.